The second-order valence-electron chi connectivity index (χ2n) is 4.87. The standard InChI is InChI=1S/C17H19NO2S.ClH/c18-16(12-11-15-7-3-1-4-8-15)13-14-21(19,20)17-9-5-2-6-10-17;/h1-10,13-14,16H,11-12,18H2;1H. The van der Waals surface area contributed by atoms with E-state index in [0.29, 0.717) is 6.42 Å². The Kier molecular flexibility index (Phi) is 7.32. The van der Waals surface area contributed by atoms with Crippen LogP contribution in [0.3, 0.4) is 0 Å². The lowest BCUT2D eigenvalue weighted by Crippen LogP contribution is -2.18. The summed E-state index contributed by atoms with van der Waals surface area (Å²) in [4.78, 5) is 0.288. The zero-order valence-electron chi connectivity index (χ0n) is 12.1. The van der Waals surface area contributed by atoms with Crippen LogP contribution in [0.15, 0.2) is 77.0 Å². The third kappa shape index (κ3) is 5.64. The monoisotopic (exact) mass is 337 g/mol. The number of aryl methyl sites for hydroxylation is 1. The fraction of sp³-hybridized carbons (Fsp3) is 0.176. The molecule has 22 heavy (non-hydrogen) atoms. The van der Waals surface area contributed by atoms with Gasteiger partial charge in [-0.15, -0.1) is 12.4 Å². The minimum absolute atomic E-state index is 0. The highest BCUT2D eigenvalue weighted by Gasteiger charge is 2.09. The number of sulfone groups is 1. The molecule has 0 aliphatic rings. The summed E-state index contributed by atoms with van der Waals surface area (Å²) in [5.74, 6) is 0. The molecule has 0 saturated heterocycles. The Balaban J connectivity index is 0.00000242. The minimum atomic E-state index is -3.40. The summed E-state index contributed by atoms with van der Waals surface area (Å²) in [5, 5.41) is 1.21. The van der Waals surface area contributed by atoms with Crippen molar-refractivity contribution in [3.63, 3.8) is 0 Å². The Labute approximate surface area is 138 Å². The number of hydrogen-bond donors (Lipinski definition) is 1. The largest absolute Gasteiger partial charge is 0.324 e. The molecule has 5 heteroatoms. The molecule has 0 amide bonds. The van der Waals surface area contributed by atoms with Gasteiger partial charge in [0, 0.05) is 11.4 Å². The molecular weight excluding hydrogens is 318 g/mol. The first-order valence-corrected chi connectivity index (χ1v) is 8.40. The van der Waals surface area contributed by atoms with E-state index in [0.717, 1.165) is 6.42 Å². The Morgan fingerprint density at radius 1 is 0.955 bits per heavy atom. The fourth-order valence-electron chi connectivity index (χ4n) is 1.97. The van der Waals surface area contributed by atoms with Crippen LogP contribution in [0.1, 0.15) is 12.0 Å². The van der Waals surface area contributed by atoms with Crippen LogP contribution in [0.2, 0.25) is 0 Å². The van der Waals surface area contributed by atoms with Crippen LogP contribution >= 0.6 is 12.4 Å². The van der Waals surface area contributed by atoms with Gasteiger partial charge in [-0.2, -0.15) is 0 Å². The Morgan fingerprint density at radius 2 is 1.50 bits per heavy atom. The molecule has 2 N–H and O–H groups in total. The minimum Gasteiger partial charge on any atom is -0.324 e. The maximum Gasteiger partial charge on any atom is 0.199 e. The zero-order chi connectivity index (χ0) is 15.1. The van der Waals surface area contributed by atoms with E-state index < -0.39 is 9.84 Å². The van der Waals surface area contributed by atoms with Crippen LogP contribution in [0, 0.1) is 0 Å². The maximum atomic E-state index is 12.1. The fourth-order valence-corrected chi connectivity index (χ4v) is 3.07. The molecule has 0 bridgehead atoms. The number of halogens is 1. The van der Waals surface area contributed by atoms with Crippen molar-refractivity contribution in [3.8, 4) is 0 Å². The van der Waals surface area contributed by atoms with Crippen molar-refractivity contribution >= 4 is 22.2 Å². The van der Waals surface area contributed by atoms with Crippen molar-refractivity contribution in [2.75, 3.05) is 0 Å². The SMILES string of the molecule is Cl.NC(C=CS(=O)(=O)c1ccccc1)CCc1ccccc1. The van der Waals surface area contributed by atoms with Crippen LogP contribution in [0.5, 0.6) is 0 Å². The normalized spacial score (nSPS) is 12.8. The molecular formula is C17H20ClNO2S. The van der Waals surface area contributed by atoms with Crippen molar-refractivity contribution in [2.24, 2.45) is 5.73 Å². The van der Waals surface area contributed by atoms with Crippen LogP contribution in [0.25, 0.3) is 0 Å². The van der Waals surface area contributed by atoms with Crippen molar-refractivity contribution in [3.05, 3.63) is 77.7 Å². The summed E-state index contributed by atoms with van der Waals surface area (Å²) in [6.45, 7) is 0. The van der Waals surface area contributed by atoms with E-state index in [4.69, 9.17) is 5.73 Å². The van der Waals surface area contributed by atoms with Crippen molar-refractivity contribution in [1.29, 1.82) is 0 Å². The Morgan fingerprint density at radius 3 is 2.09 bits per heavy atom. The molecule has 3 nitrogen and oxygen atoms in total. The van der Waals surface area contributed by atoms with Gasteiger partial charge >= 0.3 is 0 Å². The number of benzene rings is 2. The number of rotatable bonds is 6. The van der Waals surface area contributed by atoms with Gasteiger partial charge in [-0.25, -0.2) is 8.42 Å². The highest BCUT2D eigenvalue weighted by molar-refractivity contribution is 7.94. The summed E-state index contributed by atoms with van der Waals surface area (Å²) in [6, 6.07) is 18.1. The highest BCUT2D eigenvalue weighted by atomic mass is 35.5. The van der Waals surface area contributed by atoms with E-state index in [2.05, 4.69) is 0 Å². The molecule has 2 rings (SSSR count). The molecule has 2 aromatic rings. The highest BCUT2D eigenvalue weighted by Crippen LogP contribution is 2.12. The van der Waals surface area contributed by atoms with Gasteiger partial charge in [-0.1, -0.05) is 54.6 Å². The molecule has 0 saturated carbocycles. The zero-order valence-corrected chi connectivity index (χ0v) is 13.8. The lowest BCUT2D eigenvalue weighted by atomic mass is 10.1. The average Bonchev–Trinajstić information content (AvgIpc) is 2.53. The predicted molar refractivity (Wildman–Crippen MR) is 92.8 cm³/mol. The van der Waals surface area contributed by atoms with E-state index in [9.17, 15) is 8.42 Å². The van der Waals surface area contributed by atoms with Gasteiger partial charge in [-0.3, -0.25) is 0 Å². The first-order chi connectivity index (χ1) is 10.1. The quantitative estimate of drug-likeness (QED) is 0.879. The molecule has 1 unspecified atom stereocenters. The van der Waals surface area contributed by atoms with E-state index in [1.807, 2.05) is 30.3 Å². The molecule has 2 aromatic carbocycles. The third-order valence-electron chi connectivity index (χ3n) is 3.19. The van der Waals surface area contributed by atoms with Crippen molar-refractivity contribution in [1.82, 2.24) is 0 Å². The molecule has 0 fully saturated rings. The molecule has 0 aliphatic heterocycles. The smallest absolute Gasteiger partial charge is 0.199 e. The van der Waals surface area contributed by atoms with Crippen molar-refractivity contribution in [2.45, 2.75) is 23.8 Å². The van der Waals surface area contributed by atoms with Gasteiger partial charge in [-0.05, 0) is 30.5 Å². The molecule has 0 aromatic heterocycles. The first-order valence-electron chi connectivity index (χ1n) is 6.86. The van der Waals surface area contributed by atoms with Crippen molar-refractivity contribution < 1.29 is 8.42 Å². The second kappa shape index (κ2) is 8.73. The van der Waals surface area contributed by atoms with Crippen LogP contribution in [0.4, 0.5) is 0 Å². The Hall–Kier alpha value is -1.62. The summed E-state index contributed by atoms with van der Waals surface area (Å²) in [6.07, 6.45) is 3.10. The molecule has 0 aliphatic carbocycles. The van der Waals surface area contributed by atoms with E-state index >= 15 is 0 Å². The molecule has 0 heterocycles. The second-order valence-corrected chi connectivity index (χ2v) is 6.71. The molecule has 0 radical (unpaired) electrons. The molecule has 118 valence electrons. The summed E-state index contributed by atoms with van der Waals surface area (Å²) >= 11 is 0. The summed E-state index contributed by atoms with van der Waals surface area (Å²) in [5.41, 5.74) is 7.16. The van der Waals surface area contributed by atoms with E-state index in [-0.39, 0.29) is 23.3 Å². The van der Waals surface area contributed by atoms with Crippen LogP contribution in [-0.4, -0.2) is 14.5 Å². The topological polar surface area (TPSA) is 60.2 Å². The Bertz CT molecular complexity index is 685. The van der Waals surface area contributed by atoms with Gasteiger partial charge in [0.15, 0.2) is 9.84 Å². The van der Waals surface area contributed by atoms with Crippen LogP contribution < -0.4 is 5.73 Å². The third-order valence-corrected chi connectivity index (χ3v) is 4.63. The van der Waals surface area contributed by atoms with Gasteiger partial charge in [0.1, 0.15) is 0 Å². The number of nitrogens with two attached hydrogens (primary N) is 1. The number of hydrogen-bond acceptors (Lipinski definition) is 3. The average molecular weight is 338 g/mol. The molecule has 1 atom stereocenters. The summed E-state index contributed by atoms with van der Waals surface area (Å²) < 4.78 is 24.1. The first kappa shape index (κ1) is 18.4. The maximum absolute atomic E-state index is 12.1. The van der Waals surface area contributed by atoms with Gasteiger partial charge < -0.3 is 5.73 Å². The summed E-state index contributed by atoms with van der Waals surface area (Å²) in [7, 11) is -3.40. The van der Waals surface area contributed by atoms with E-state index in [1.165, 1.54) is 11.0 Å². The molecule has 0 spiro atoms. The lowest BCUT2D eigenvalue weighted by molar-refractivity contribution is 0.604. The van der Waals surface area contributed by atoms with Gasteiger partial charge in [0.2, 0.25) is 0 Å². The lowest BCUT2D eigenvalue weighted by Gasteiger charge is -2.06. The predicted octanol–water partition coefficient (Wildman–Crippen LogP) is 3.36. The van der Waals surface area contributed by atoms with E-state index in [1.54, 1.807) is 36.4 Å². The van der Waals surface area contributed by atoms with Gasteiger partial charge in [0.25, 0.3) is 0 Å². The van der Waals surface area contributed by atoms with Gasteiger partial charge in [0.05, 0.1) is 4.90 Å². The van der Waals surface area contributed by atoms with Crippen LogP contribution in [-0.2, 0) is 16.3 Å².